The molecule has 0 aromatic heterocycles. The summed E-state index contributed by atoms with van der Waals surface area (Å²) in [6.07, 6.45) is 3.99. The van der Waals surface area contributed by atoms with Crippen molar-refractivity contribution in [2.75, 3.05) is 33.4 Å². The zero-order valence-corrected chi connectivity index (χ0v) is 11.0. The third-order valence-electron chi connectivity index (χ3n) is 3.93. The summed E-state index contributed by atoms with van der Waals surface area (Å²) in [6.45, 7) is 8.37. The van der Waals surface area contributed by atoms with Gasteiger partial charge in [0.2, 0.25) is 0 Å². The van der Waals surface area contributed by atoms with Crippen molar-refractivity contribution in [1.82, 2.24) is 4.90 Å². The normalized spacial score (nSPS) is 23.2. The van der Waals surface area contributed by atoms with Crippen LogP contribution in [0.4, 0.5) is 0 Å². The van der Waals surface area contributed by atoms with E-state index < -0.39 is 5.60 Å². The lowest BCUT2D eigenvalue weighted by atomic mass is 9.79. The van der Waals surface area contributed by atoms with E-state index in [2.05, 4.69) is 18.7 Å². The number of hydrogen-bond donors (Lipinski definition) is 1. The van der Waals surface area contributed by atoms with Crippen LogP contribution in [0.15, 0.2) is 0 Å². The first-order valence-electron chi connectivity index (χ1n) is 6.56. The Labute approximate surface area is 99.8 Å². The molecule has 1 aliphatic heterocycles. The lowest BCUT2D eigenvalue weighted by molar-refractivity contribution is -0.0683. The van der Waals surface area contributed by atoms with Gasteiger partial charge in [-0.3, -0.25) is 0 Å². The second-order valence-electron chi connectivity index (χ2n) is 5.13. The Balaban J connectivity index is 2.36. The van der Waals surface area contributed by atoms with E-state index in [1.165, 1.54) is 13.0 Å². The van der Waals surface area contributed by atoms with Gasteiger partial charge in [-0.25, -0.2) is 0 Å². The molecule has 0 bridgehead atoms. The van der Waals surface area contributed by atoms with Crippen LogP contribution in [0, 0.1) is 5.92 Å². The molecule has 1 rings (SSSR count). The number of hydrogen-bond acceptors (Lipinski definition) is 3. The van der Waals surface area contributed by atoms with Crippen LogP contribution in [0.5, 0.6) is 0 Å². The zero-order valence-electron chi connectivity index (χ0n) is 11.0. The first-order valence-corrected chi connectivity index (χ1v) is 6.56. The van der Waals surface area contributed by atoms with Crippen LogP contribution in [0.2, 0.25) is 0 Å². The summed E-state index contributed by atoms with van der Waals surface area (Å²) in [7, 11) is 1.72. The third-order valence-corrected chi connectivity index (χ3v) is 3.93. The molecule has 1 N–H and O–H groups in total. The fraction of sp³-hybridized carbons (Fsp3) is 1.00. The van der Waals surface area contributed by atoms with E-state index in [9.17, 15) is 5.11 Å². The minimum Gasteiger partial charge on any atom is -0.390 e. The molecule has 3 heteroatoms. The third kappa shape index (κ3) is 3.72. The quantitative estimate of drug-likeness (QED) is 0.755. The van der Waals surface area contributed by atoms with E-state index in [0.717, 1.165) is 39.0 Å². The lowest BCUT2D eigenvalue weighted by Gasteiger charge is -2.41. The Morgan fingerprint density at radius 1 is 1.38 bits per heavy atom. The first kappa shape index (κ1) is 13.9. The van der Waals surface area contributed by atoms with Gasteiger partial charge in [0.1, 0.15) is 0 Å². The lowest BCUT2D eigenvalue weighted by Crippen LogP contribution is -2.48. The van der Waals surface area contributed by atoms with Gasteiger partial charge in [-0.05, 0) is 38.1 Å². The number of likely N-dealkylation sites (tertiary alicyclic amines) is 1. The van der Waals surface area contributed by atoms with Crippen LogP contribution < -0.4 is 0 Å². The van der Waals surface area contributed by atoms with Crippen molar-refractivity contribution < 1.29 is 9.84 Å². The van der Waals surface area contributed by atoms with E-state index in [1.54, 1.807) is 7.11 Å². The molecule has 1 fully saturated rings. The van der Waals surface area contributed by atoms with E-state index >= 15 is 0 Å². The highest BCUT2D eigenvalue weighted by atomic mass is 16.5. The van der Waals surface area contributed by atoms with Crippen molar-refractivity contribution in [3.05, 3.63) is 0 Å². The summed E-state index contributed by atoms with van der Waals surface area (Å²) in [5.41, 5.74) is -0.456. The average Bonchev–Trinajstić information content (AvgIpc) is 2.29. The molecule has 0 aromatic rings. The molecule has 0 aromatic carbocycles. The molecule has 1 unspecified atom stereocenters. The number of piperidine rings is 1. The highest BCUT2D eigenvalue weighted by Crippen LogP contribution is 2.31. The highest BCUT2D eigenvalue weighted by molar-refractivity contribution is 4.89. The van der Waals surface area contributed by atoms with Crippen LogP contribution in [-0.4, -0.2) is 49.0 Å². The SMILES string of the molecule is CCCN1CCC(O)(C(C)CCOC)CC1. The number of aliphatic hydroxyl groups is 1. The molecule has 16 heavy (non-hydrogen) atoms. The van der Waals surface area contributed by atoms with Crippen molar-refractivity contribution >= 4 is 0 Å². The molecule has 1 atom stereocenters. The average molecular weight is 229 g/mol. The maximum atomic E-state index is 10.6. The summed E-state index contributed by atoms with van der Waals surface area (Å²) >= 11 is 0. The largest absolute Gasteiger partial charge is 0.390 e. The predicted molar refractivity (Wildman–Crippen MR) is 66.6 cm³/mol. The Kier molecular flexibility index (Phi) is 5.73. The van der Waals surface area contributed by atoms with Crippen molar-refractivity contribution in [1.29, 1.82) is 0 Å². The summed E-state index contributed by atoms with van der Waals surface area (Å²) in [4.78, 5) is 2.46. The fourth-order valence-electron chi connectivity index (χ4n) is 2.54. The molecule has 0 aliphatic carbocycles. The standard InChI is InChI=1S/C13H27NO2/c1-4-8-14-9-6-13(15,7-10-14)12(2)5-11-16-3/h12,15H,4-11H2,1-3H3. The number of ether oxygens (including phenoxy) is 1. The Morgan fingerprint density at radius 3 is 2.50 bits per heavy atom. The molecule has 0 saturated carbocycles. The molecule has 0 spiro atoms. The van der Waals surface area contributed by atoms with Gasteiger partial charge in [0.05, 0.1) is 5.60 Å². The summed E-state index contributed by atoms with van der Waals surface area (Å²) in [5.74, 6) is 0.344. The van der Waals surface area contributed by atoms with E-state index in [-0.39, 0.29) is 0 Å². The molecular formula is C13H27NO2. The molecule has 96 valence electrons. The molecule has 1 saturated heterocycles. The minimum atomic E-state index is -0.456. The van der Waals surface area contributed by atoms with Crippen molar-refractivity contribution in [3.8, 4) is 0 Å². The summed E-state index contributed by atoms with van der Waals surface area (Å²) in [6, 6.07) is 0. The Morgan fingerprint density at radius 2 is 2.00 bits per heavy atom. The topological polar surface area (TPSA) is 32.7 Å². The van der Waals surface area contributed by atoms with Crippen molar-refractivity contribution in [2.45, 2.75) is 45.1 Å². The first-order chi connectivity index (χ1) is 7.62. The smallest absolute Gasteiger partial charge is 0.0698 e. The number of methoxy groups -OCH3 is 1. The predicted octanol–water partition coefficient (Wildman–Crippen LogP) is 1.90. The Bertz CT molecular complexity index is 188. The molecule has 0 radical (unpaired) electrons. The van der Waals surface area contributed by atoms with E-state index in [1.807, 2.05) is 0 Å². The number of rotatable bonds is 6. The van der Waals surface area contributed by atoms with Crippen LogP contribution >= 0.6 is 0 Å². The van der Waals surface area contributed by atoms with Gasteiger partial charge in [0, 0.05) is 26.8 Å². The summed E-state index contributed by atoms with van der Waals surface area (Å²) < 4.78 is 5.09. The van der Waals surface area contributed by atoms with E-state index in [0.29, 0.717) is 5.92 Å². The highest BCUT2D eigenvalue weighted by Gasteiger charge is 2.36. The maximum Gasteiger partial charge on any atom is 0.0698 e. The molecule has 1 heterocycles. The van der Waals surface area contributed by atoms with Gasteiger partial charge in [-0.1, -0.05) is 13.8 Å². The fourth-order valence-corrected chi connectivity index (χ4v) is 2.54. The van der Waals surface area contributed by atoms with Gasteiger partial charge < -0.3 is 14.7 Å². The van der Waals surface area contributed by atoms with Crippen LogP contribution in [0.1, 0.15) is 39.5 Å². The van der Waals surface area contributed by atoms with Gasteiger partial charge in [-0.2, -0.15) is 0 Å². The zero-order chi connectivity index (χ0) is 12.0. The van der Waals surface area contributed by atoms with Gasteiger partial charge >= 0.3 is 0 Å². The monoisotopic (exact) mass is 229 g/mol. The van der Waals surface area contributed by atoms with Crippen LogP contribution in [0.25, 0.3) is 0 Å². The van der Waals surface area contributed by atoms with Gasteiger partial charge in [-0.15, -0.1) is 0 Å². The summed E-state index contributed by atoms with van der Waals surface area (Å²) in [5, 5.41) is 10.6. The molecule has 1 aliphatic rings. The van der Waals surface area contributed by atoms with E-state index in [4.69, 9.17) is 4.74 Å². The van der Waals surface area contributed by atoms with Crippen molar-refractivity contribution in [2.24, 2.45) is 5.92 Å². The molecular weight excluding hydrogens is 202 g/mol. The maximum absolute atomic E-state index is 10.6. The van der Waals surface area contributed by atoms with Gasteiger partial charge in [0.15, 0.2) is 0 Å². The van der Waals surface area contributed by atoms with Crippen LogP contribution in [-0.2, 0) is 4.74 Å². The minimum absolute atomic E-state index is 0.344. The van der Waals surface area contributed by atoms with Gasteiger partial charge in [0.25, 0.3) is 0 Å². The molecule has 0 amide bonds. The van der Waals surface area contributed by atoms with Crippen molar-refractivity contribution in [3.63, 3.8) is 0 Å². The molecule has 3 nitrogen and oxygen atoms in total. The second-order valence-corrected chi connectivity index (χ2v) is 5.13. The second kappa shape index (κ2) is 6.58. The van der Waals surface area contributed by atoms with Crippen LogP contribution in [0.3, 0.4) is 0 Å². The number of nitrogens with zero attached hydrogens (tertiary/aromatic N) is 1. The Hall–Kier alpha value is -0.120.